The minimum absolute atomic E-state index is 0.333. The molecule has 13 heavy (non-hydrogen) atoms. The van der Waals surface area contributed by atoms with Gasteiger partial charge in [-0.2, -0.15) is 0 Å². The van der Waals surface area contributed by atoms with E-state index in [4.69, 9.17) is 18.0 Å². The summed E-state index contributed by atoms with van der Waals surface area (Å²) in [5.41, 5.74) is 7.10. The van der Waals surface area contributed by atoms with Crippen LogP contribution in [0.1, 0.15) is 19.0 Å². The van der Waals surface area contributed by atoms with E-state index in [0.29, 0.717) is 10.7 Å². The molecular formula is C9H13N3S. The van der Waals surface area contributed by atoms with Gasteiger partial charge in [0.05, 0.1) is 5.69 Å². The predicted octanol–water partition coefficient (Wildman–Crippen LogP) is 1.54. The van der Waals surface area contributed by atoms with Crippen LogP contribution in [0.5, 0.6) is 0 Å². The van der Waals surface area contributed by atoms with Crippen molar-refractivity contribution in [2.24, 2.45) is 5.73 Å². The highest BCUT2D eigenvalue weighted by Gasteiger charge is 2.03. The van der Waals surface area contributed by atoms with Gasteiger partial charge in [0.2, 0.25) is 0 Å². The Bertz CT molecular complexity index is 299. The molecule has 1 rings (SSSR count). The van der Waals surface area contributed by atoms with E-state index in [1.165, 1.54) is 0 Å². The van der Waals surface area contributed by atoms with Gasteiger partial charge in [0.1, 0.15) is 10.7 Å². The summed E-state index contributed by atoms with van der Waals surface area (Å²) in [6, 6.07) is 3.79. The molecule has 0 aliphatic rings. The van der Waals surface area contributed by atoms with Crippen molar-refractivity contribution in [2.75, 3.05) is 11.9 Å². The van der Waals surface area contributed by atoms with Crippen LogP contribution in [-0.4, -0.2) is 16.5 Å². The van der Waals surface area contributed by atoms with Crippen LogP contribution in [0.4, 0.5) is 5.69 Å². The van der Waals surface area contributed by atoms with Crippen LogP contribution in [0, 0.1) is 0 Å². The van der Waals surface area contributed by atoms with Crippen LogP contribution in [-0.2, 0) is 0 Å². The first kappa shape index (κ1) is 9.92. The molecule has 1 aromatic rings. The molecule has 0 aliphatic heterocycles. The second kappa shape index (κ2) is 4.77. The minimum Gasteiger partial charge on any atom is -0.388 e. The van der Waals surface area contributed by atoms with E-state index in [0.717, 1.165) is 18.7 Å². The van der Waals surface area contributed by atoms with E-state index < -0.39 is 0 Å². The van der Waals surface area contributed by atoms with Crippen molar-refractivity contribution in [3.8, 4) is 0 Å². The molecule has 0 atom stereocenters. The third kappa shape index (κ3) is 2.66. The summed E-state index contributed by atoms with van der Waals surface area (Å²) in [5, 5.41) is 3.21. The Morgan fingerprint density at radius 2 is 2.46 bits per heavy atom. The molecule has 0 bridgehead atoms. The highest BCUT2D eigenvalue weighted by atomic mass is 32.1. The second-order valence-electron chi connectivity index (χ2n) is 2.69. The van der Waals surface area contributed by atoms with E-state index in [1.807, 2.05) is 12.1 Å². The molecule has 0 aliphatic carbocycles. The first-order valence-corrected chi connectivity index (χ1v) is 4.65. The fourth-order valence-corrected chi connectivity index (χ4v) is 1.17. The summed E-state index contributed by atoms with van der Waals surface area (Å²) in [5.74, 6) is 0. The number of nitrogens with one attached hydrogen (secondary N) is 1. The molecule has 4 heteroatoms. The Kier molecular flexibility index (Phi) is 3.64. The Morgan fingerprint density at radius 3 is 3.08 bits per heavy atom. The van der Waals surface area contributed by atoms with Gasteiger partial charge in [-0.05, 0) is 18.6 Å². The highest BCUT2D eigenvalue weighted by Crippen LogP contribution is 2.11. The zero-order chi connectivity index (χ0) is 9.68. The summed E-state index contributed by atoms with van der Waals surface area (Å²) in [4.78, 5) is 4.43. The van der Waals surface area contributed by atoms with E-state index >= 15 is 0 Å². The van der Waals surface area contributed by atoms with Gasteiger partial charge in [0.25, 0.3) is 0 Å². The molecule has 3 N–H and O–H groups in total. The number of aromatic nitrogens is 1. The van der Waals surface area contributed by atoms with Crippen LogP contribution in [0.2, 0.25) is 0 Å². The van der Waals surface area contributed by atoms with Crippen molar-refractivity contribution in [1.82, 2.24) is 4.98 Å². The molecule has 3 nitrogen and oxygen atoms in total. The van der Waals surface area contributed by atoms with Crippen molar-refractivity contribution in [1.29, 1.82) is 0 Å². The van der Waals surface area contributed by atoms with Gasteiger partial charge < -0.3 is 11.1 Å². The lowest BCUT2D eigenvalue weighted by Crippen LogP contribution is -2.15. The van der Waals surface area contributed by atoms with Crippen LogP contribution >= 0.6 is 12.2 Å². The van der Waals surface area contributed by atoms with Crippen LogP contribution in [0.3, 0.4) is 0 Å². The van der Waals surface area contributed by atoms with Gasteiger partial charge in [-0.15, -0.1) is 0 Å². The largest absolute Gasteiger partial charge is 0.388 e. The fourth-order valence-electron chi connectivity index (χ4n) is 1.00. The minimum atomic E-state index is 0.333. The quantitative estimate of drug-likeness (QED) is 0.715. The average molecular weight is 195 g/mol. The number of thiocarbonyl (C=S) groups is 1. The number of rotatable bonds is 4. The van der Waals surface area contributed by atoms with Gasteiger partial charge in [0, 0.05) is 12.7 Å². The van der Waals surface area contributed by atoms with E-state index in [-0.39, 0.29) is 0 Å². The molecule has 70 valence electrons. The molecule has 0 spiro atoms. The lowest BCUT2D eigenvalue weighted by molar-refractivity contribution is 0.976. The first-order valence-electron chi connectivity index (χ1n) is 4.24. The Labute approximate surface area is 83.4 Å². The van der Waals surface area contributed by atoms with Crippen molar-refractivity contribution in [3.63, 3.8) is 0 Å². The number of nitrogens with two attached hydrogens (primary N) is 1. The third-order valence-corrected chi connectivity index (χ3v) is 1.80. The van der Waals surface area contributed by atoms with E-state index in [2.05, 4.69) is 17.2 Å². The van der Waals surface area contributed by atoms with Crippen molar-refractivity contribution in [2.45, 2.75) is 13.3 Å². The number of pyridine rings is 1. The first-order chi connectivity index (χ1) is 6.25. The Hall–Kier alpha value is -1.16. The number of hydrogen-bond donors (Lipinski definition) is 2. The molecule has 0 radical (unpaired) electrons. The molecule has 0 aromatic carbocycles. The molecule has 1 aromatic heterocycles. The standard InChI is InChI=1S/C9H13N3S/c1-2-5-11-7-4-3-6-12-8(7)9(10)13/h3-4,6,11H,2,5H2,1H3,(H2,10,13). The Balaban J connectivity index is 2.84. The van der Waals surface area contributed by atoms with Gasteiger partial charge >= 0.3 is 0 Å². The van der Waals surface area contributed by atoms with Crippen molar-refractivity contribution in [3.05, 3.63) is 24.0 Å². The highest BCUT2D eigenvalue weighted by molar-refractivity contribution is 7.80. The molecule has 0 amide bonds. The van der Waals surface area contributed by atoms with Gasteiger partial charge in [-0.25, -0.2) is 0 Å². The fraction of sp³-hybridized carbons (Fsp3) is 0.333. The molecule has 1 heterocycles. The summed E-state index contributed by atoms with van der Waals surface area (Å²) < 4.78 is 0. The Morgan fingerprint density at radius 1 is 1.69 bits per heavy atom. The van der Waals surface area contributed by atoms with Crippen LogP contribution in [0.25, 0.3) is 0 Å². The molecule has 0 unspecified atom stereocenters. The zero-order valence-corrected chi connectivity index (χ0v) is 8.40. The third-order valence-electron chi connectivity index (χ3n) is 1.61. The smallest absolute Gasteiger partial charge is 0.124 e. The maximum atomic E-state index is 5.52. The molecule has 0 saturated heterocycles. The number of nitrogens with zero attached hydrogens (tertiary/aromatic N) is 1. The van der Waals surface area contributed by atoms with Gasteiger partial charge in [-0.1, -0.05) is 19.1 Å². The van der Waals surface area contributed by atoms with E-state index in [9.17, 15) is 0 Å². The summed E-state index contributed by atoms with van der Waals surface area (Å²) in [6.07, 6.45) is 2.75. The monoisotopic (exact) mass is 195 g/mol. The van der Waals surface area contributed by atoms with E-state index in [1.54, 1.807) is 6.20 Å². The maximum Gasteiger partial charge on any atom is 0.124 e. The topological polar surface area (TPSA) is 50.9 Å². The van der Waals surface area contributed by atoms with Crippen molar-refractivity contribution < 1.29 is 0 Å². The van der Waals surface area contributed by atoms with Crippen LogP contribution in [0.15, 0.2) is 18.3 Å². The van der Waals surface area contributed by atoms with Gasteiger partial charge in [0.15, 0.2) is 0 Å². The second-order valence-corrected chi connectivity index (χ2v) is 3.13. The van der Waals surface area contributed by atoms with Crippen molar-refractivity contribution >= 4 is 22.9 Å². The lowest BCUT2D eigenvalue weighted by Gasteiger charge is -2.08. The maximum absolute atomic E-state index is 5.52. The van der Waals surface area contributed by atoms with Crippen LogP contribution < -0.4 is 11.1 Å². The molecule has 0 saturated carbocycles. The zero-order valence-electron chi connectivity index (χ0n) is 7.58. The lowest BCUT2D eigenvalue weighted by atomic mass is 10.3. The predicted molar refractivity (Wildman–Crippen MR) is 58.9 cm³/mol. The number of anilines is 1. The molecular weight excluding hydrogens is 182 g/mol. The summed E-state index contributed by atoms with van der Waals surface area (Å²) >= 11 is 4.88. The normalized spacial score (nSPS) is 9.62. The summed E-state index contributed by atoms with van der Waals surface area (Å²) in [7, 11) is 0. The SMILES string of the molecule is CCCNc1cccnc1C(N)=S. The summed E-state index contributed by atoms with van der Waals surface area (Å²) in [6.45, 7) is 3.01. The van der Waals surface area contributed by atoms with Gasteiger partial charge in [-0.3, -0.25) is 4.98 Å². The average Bonchev–Trinajstić information content (AvgIpc) is 2.15. The molecule has 0 fully saturated rings. The number of hydrogen-bond acceptors (Lipinski definition) is 3.